The summed E-state index contributed by atoms with van der Waals surface area (Å²) in [5, 5.41) is 6.56. The second-order valence-corrected chi connectivity index (χ2v) is 5.90. The summed E-state index contributed by atoms with van der Waals surface area (Å²) >= 11 is 0. The molecule has 122 valence electrons. The number of hydrogen-bond acceptors (Lipinski definition) is 2. The number of benzene rings is 1. The van der Waals surface area contributed by atoms with Crippen molar-refractivity contribution in [2.45, 2.75) is 38.7 Å². The quantitative estimate of drug-likeness (QED) is 0.627. The summed E-state index contributed by atoms with van der Waals surface area (Å²) < 4.78 is 18.6. The average Bonchev–Trinajstić information content (AvgIpc) is 2.94. The van der Waals surface area contributed by atoms with Crippen LogP contribution in [0.4, 0.5) is 4.39 Å². The standard InChI is InChI=1S/C17H26FN3O/c1-3-19-16(21-13-17(2)10-4-12-22-17)20-11-9-14-5-7-15(18)8-6-14/h5-8H,3-4,9-13H2,1-2H3,(H2,19,20,21). The number of nitrogens with one attached hydrogen (secondary N) is 2. The molecular formula is C17H26FN3O. The molecule has 0 aromatic heterocycles. The molecule has 4 nitrogen and oxygen atoms in total. The van der Waals surface area contributed by atoms with E-state index in [1.807, 2.05) is 19.1 Å². The van der Waals surface area contributed by atoms with Gasteiger partial charge in [-0.3, -0.25) is 4.99 Å². The molecule has 1 aliphatic rings. The summed E-state index contributed by atoms with van der Waals surface area (Å²) in [6.07, 6.45) is 3.00. The normalized spacial score (nSPS) is 21.9. The van der Waals surface area contributed by atoms with Crippen LogP contribution in [0.3, 0.4) is 0 Å². The zero-order chi connectivity index (χ0) is 15.8. The molecule has 2 N–H and O–H groups in total. The maximum absolute atomic E-state index is 12.9. The molecule has 1 aliphatic heterocycles. The lowest BCUT2D eigenvalue weighted by Crippen LogP contribution is -2.40. The lowest BCUT2D eigenvalue weighted by atomic mass is 10.0. The van der Waals surface area contributed by atoms with E-state index in [1.165, 1.54) is 12.1 Å². The molecule has 0 bridgehead atoms. The second-order valence-electron chi connectivity index (χ2n) is 5.90. The SMILES string of the molecule is CCNC(=NCC1(C)CCCO1)NCCc1ccc(F)cc1. The maximum Gasteiger partial charge on any atom is 0.191 e. The highest BCUT2D eigenvalue weighted by Crippen LogP contribution is 2.24. The zero-order valence-corrected chi connectivity index (χ0v) is 13.5. The van der Waals surface area contributed by atoms with Crippen LogP contribution in [0, 0.1) is 5.82 Å². The van der Waals surface area contributed by atoms with Gasteiger partial charge in [0.25, 0.3) is 0 Å². The number of halogens is 1. The molecular weight excluding hydrogens is 281 g/mol. The van der Waals surface area contributed by atoms with Gasteiger partial charge in [0.1, 0.15) is 5.82 Å². The fourth-order valence-electron chi connectivity index (χ4n) is 2.53. The molecule has 1 unspecified atom stereocenters. The Bertz CT molecular complexity index is 481. The monoisotopic (exact) mass is 307 g/mol. The molecule has 1 saturated heterocycles. The van der Waals surface area contributed by atoms with Crippen molar-refractivity contribution in [1.29, 1.82) is 0 Å². The van der Waals surface area contributed by atoms with E-state index in [9.17, 15) is 4.39 Å². The fourth-order valence-corrected chi connectivity index (χ4v) is 2.53. The summed E-state index contributed by atoms with van der Waals surface area (Å²) in [5.41, 5.74) is 0.982. The van der Waals surface area contributed by atoms with Crippen LogP contribution in [0.2, 0.25) is 0 Å². The van der Waals surface area contributed by atoms with E-state index >= 15 is 0 Å². The third-order valence-electron chi connectivity index (χ3n) is 3.84. The molecule has 1 aromatic carbocycles. The van der Waals surface area contributed by atoms with Crippen molar-refractivity contribution in [2.24, 2.45) is 4.99 Å². The fraction of sp³-hybridized carbons (Fsp3) is 0.588. The molecule has 5 heteroatoms. The highest BCUT2D eigenvalue weighted by atomic mass is 19.1. The molecule has 0 aliphatic carbocycles. The van der Waals surface area contributed by atoms with E-state index in [2.05, 4.69) is 22.5 Å². The number of hydrogen-bond donors (Lipinski definition) is 2. The Balaban J connectivity index is 1.81. The smallest absolute Gasteiger partial charge is 0.191 e. The number of aliphatic imine (C=N–C) groups is 1. The van der Waals surface area contributed by atoms with Gasteiger partial charge < -0.3 is 15.4 Å². The largest absolute Gasteiger partial charge is 0.373 e. The van der Waals surface area contributed by atoms with Crippen LogP contribution in [-0.4, -0.2) is 37.8 Å². The Morgan fingerprint density at radius 1 is 1.32 bits per heavy atom. The van der Waals surface area contributed by atoms with Crippen molar-refractivity contribution >= 4 is 5.96 Å². The van der Waals surface area contributed by atoms with Crippen molar-refractivity contribution in [3.63, 3.8) is 0 Å². The lowest BCUT2D eigenvalue weighted by Gasteiger charge is -2.21. The lowest BCUT2D eigenvalue weighted by molar-refractivity contribution is 0.0283. The topological polar surface area (TPSA) is 45.7 Å². The van der Waals surface area contributed by atoms with Crippen molar-refractivity contribution in [3.8, 4) is 0 Å². The van der Waals surface area contributed by atoms with Crippen molar-refractivity contribution in [1.82, 2.24) is 10.6 Å². The van der Waals surface area contributed by atoms with Crippen molar-refractivity contribution in [2.75, 3.05) is 26.2 Å². The van der Waals surface area contributed by atoms with Crippen LogP contribution in [0.1, 0.15) is 32.3 Å². The Labute approximate surface area is 132 Å². The highest BCUT2D eigenvalue weighted by molar-refractivity contribution is 5.79. The van der Waals surface area contributed by atoms with E-state index in [0.717, 1.165) is 50.5 Å². The zero-order valence-electron chi connectivity index (χ0n) is 13.5. The minimum Gasteiger partial charge on any atom is -0.373 e. The molecule has 0 amide bonds. The van der Waals surface area contributed by atoms with Gasteiger partial charge in [-0.1, -0.05) is 12.1 Å². The van der Waals surface area contributed by atoms with Crippen molar-refractivity contribution in [3.05, 3.63) is 35.6 Å². The van der Waals surface area contributed by atoms with Gasteiger partial charge in [0.15, 0.2) is 5.96 Å². The van der Waals surface area contributed by atoms with E-state index in [-0.39, 0.29) is 11.4 Å². The summed E-state index contributed by atoms with van der Waals surface area (Å²) in [5.74, 6) is 0.609. The first-order chi connectivity index (χ1) is 10.6. The van der Waals surface area contributed by atoms with Crippen LogP contribution in [-0.2, 0) is 11.2 Å². The molecule has 0 saturated carbocycles. The number of guanidine groups is 1. The second kappa shape index (κ2) is 8.13. The first-order valence-electron chi connectivity index (χ1n) is 8.02. The van der Waals surface area contributed by atoms with Gasteiger partial charge in [0, 0.05) is 19.7 Å². The Hall–Kier alpha value is -1.62. The van der Waals surface area contributed by atoms with E-state index in [0.29, 0.717) is 6.54 Å². The van der Waals surface area contributed by atoms with Crippen LogP contribution < -0.4 is 10.6 Å². The third-order valence-corrected chi connectivity index (χ3v) is 3.84. The van der Waals surface area contributed by atoms with Crippen LogP contribution in [0.5, 0.6) is 0 Å². The first kappa shape index (κ1) is 16.7. The van der Waals surface area contributed by atoms with E-state index in [4.69, 9.17) is 4.74 Å². The molecule has 1 fully saturated rings. The molecule has 2 rings (SSSR count). The van der Waals surface area contributed by atoms with Crippen LogP contribution in [0.15, 0.2) is 29.3 Å². The Morgan fingerprint density at radius 2 is 2.09 bits per heavy atom. The average molecular weight is 307 g/mol. The molecule has 22 heavy (non-hydrogen) atoms. The van der Waals surface area contributed by atoms with Crippen LogP contribution in [0.25, 0.3) is 0 Å². The molecule has 0 spiro atoms. The van der Waals surface area contributed by atoms with Crippen molar-refractivity contribution < 1.29 is 9.13 Å². The first-order valence-corrected chi connectivity index (χ1v) is 8.02. The number of nitrogens with zero attached hydrogens (tertiary/aromatic N) is 1. The predicted molar refractivity (Wildman–Crippen MR) is 87.7 cm³/mol. The Kier molecular flexibility index (Phi) is 6.19. The number of ether oxygens (including phenoxy) is 1. The van der Waals surface area contributed by atoms with Crippen LogP contribution >= 0.6 is 0 Å². The highest BCUT2D eigenvalue weighted by Gasteiger charge is 2.29. The Morgan fingerprint density at radius 3 is 2.73 bits per heavy atom. The summed E-state index contributed by atoms with van der Waals surface area (Å²) in [6.45, 7) is 7.24. The minimum atomic E-state index is -0.198. The summed E-state index contributed by atoms with van der Waals surface area (Å²) in [6, 6.07) is 6.61. The van der Waals surface area contributed by atoms with Gasteiger partial charge in [-0.05, 0) is 50.8 Å². The molecule has 1 aromatic rings. The number of rotatable bonds is 6. The predicted octanol–water partition coefficient (Wildman–Crippen LogP) is 2.49. The molecule has 1 atom stereocenters. The third kappa shape index (κ3) is 5.30. The van der Waals surface area contributed by atoms with Gasteiger partial charge in [-0.25, -0.2) is 4.39 Å². The minimum absolute atomic E-state index is 0.126. The van der Waals surface area contributed by atoms with Gasteiger partial charge in [-0.15, -0.1) is 0 Å². The summed E-state index contributed by atoms with van der Waals surface area (Å²) in [7, 11) is 0. The maximum atomic E-state index is 12.9. The van der Waals surface area contributed by atoms with Gasteiger partial charge in [-0.2, -0.15) is 0 Å². The van der Waals surface area contributed by atoms with Gasteiger partial charge in [0.2, 0.25) is 0 Å². The van der Waals surface area contributed by atoms with E-state index in [1.54, 1.807) is 0 Å². The van der Waals surface area contributed by atoms with Gasteiger partial charge in [0.05, 0.1) is 12.1 Å². The van der Waals surface area contributed by atoms with Gasteiger partial charge >= 0.3 is 0 Å². The molecule has 1 heterocycles. The summed E-state index contributed by atoms with van der Waals surface area (Å²) in [4.78, 5) is 4.62. The molecule has 0 radical (unpaired) electrons. The van der Waals surface area contributed by atoms with E-state index < -0.39 is 0 Å².